The van der Waals surface area contributed by atoms with E-state index in [0.29, 0.717) is 5.69 Å². The van der Waals surface area contributed by atoms with Gasteiger partial charge in [0, 0.05) is 18.0 Å². The summed E-state index contributed by atoms with van der Waals surface area (Å²) in [6, 6.07) is 16.1. The van der Waals surface area contributed by atoms with Crippen molar-refractivity contribution in [2.24, 2.45) is 0 Å². The fourth-order valence-corrected chi connectivity index (χ4v) is 3.46. The molecule has 0 spiro atoms. The third-order valence-corrected chi connectivity index (χ3v) is 5.02. The first kappa shape index (κ1) is 21.2. The number of ether oxygens (including phenoxy) is 1. The van der Waals surface area contributed by atoms with E-state index in [1.54, 1.807) is 25.4 Å². The number of halogens is 3. The molecule has 0 saturated heterocycles. The van der Waals surface area contributed by atoms with Crippen LogP contribution in [0.25, 0.3) is 16.8 Å². The Balaban J connectivity index is 1.71. The summed E-state index contributed by atoms with van der Waals surface area (Å²) >= 11 is 0. The van der Waals surface area contributed by atoms with Gasteiger partial charge >= 0.3 is 12.1 Å². The zero-order chi connectivity index (χ0) is 22.9. The molecule has 4 rings (SSSR count). The maximum absolute atomic E-state index is 13.1. The second-order valence-electron chi connectivity index (χ2n) is 7.05. The Hall–Kier alpha value is -4.01. The highest BCUT2D eigenvalue weighted by Gasteiger charge is 2.31. The van der Waals surface area contributed by atoms with Crippen molar-refractivity contribution in [3.63, 3.8) is 0 Å². The molecule has 1 N–H and O–H groups in total. The number of rotatable bonds is 5. The molecule has 4 aromatic rings. The quantitative estimate of drug-likeness (QED) is 0.489. The van der Waals surface area contributed by atoms with Crippen molar-refractivity contribution in [2.45, 2.75) is 19.8 Å². The lowest BCUT2D eigenvalue weighted by Gasteiger charge is -2.10. The van der Waals surface area contributed by atoms with E-state index in [2.05, 4.69) is 9.72 Å². The molecule has 2 aromatic carbocycles. The Kier molecular flexibility index (Phi) is 5.48. The van der Waals surface area contributed by atoms with Gasteiger partial charge in [0.2, 0.25) is 5.88 Å². The molecular weight excluding hydrogens is 423 g/mol. The van der Waals surface area contributed by atoms with Crippen LogP contribution in [0.1, 0.15) is 11.3 Å². The van der Waals surface area contributed by atoms with Crippen LogP contribution >= 0.6 is 0 Å². The zero-order valence-electron chi connectivity index (χ0n) is 16.9. The minimum Gasteiger partial charge on any atom is -0.493 e. The van der Waals surface area contributed by atoms with E-state index in [1.165, 1.54) is 16.7 Å². The van der Waals surface area contributed by atoms with Gasteiger partial charge in [0.15, 0.2) is 0 Å². The fraction of sp³-hybridized carbons (Fsp3) is 0.130. The van der Waals surface area contributed by atoms with Gasteiger partial charge < -0.3 is 9.84 Å². The van der Waals surface area contributed by atoms with E-state index in [1.807, 2.05) is 30.3 Å². The highest BCUT2D eigenvalue weighted by molar-refractivity contribution is 5.66. The largest absolute Gasteiger partial charge is 0.573 e. The maximum Gasteiger partial charge on any atom is 0.573 e. The van der Waals surface area contributed by atoms with Crippen molar-refractivity contribution in [1.29, 1.82) is 0 Å². The lowest BCUT2D eigenvalue weighted by Crippen LogP contribution is -2.24. The first-order valence-electron chi connectivity index (χ1n) is 9.60. The van der Waals surface area contributed by atoms with E-state index in [-0.39, 0.29) is 18.1 Å². The molecule has 6 nitrogen and oxygen atoms in total. The molecule has 0 saturated carbocycles. The number of aromatic hydroxyl groups is 1. The summed E-state index contributed by atoms with van der Waals surface area (Å²) in [5, 5.41) is 10.6. The summed E-state index contributed by atoms with van der Waals surface area (Å²) in [5.74, 6) is -0.718. The molecule has 0 aliphatic carbocycles. The number of benzene rings is 2. The first-order chi connectivity index (χ1) is 15.2. The van der Waals surface area contributed by atoms with Crippen molar-refractivity contribution in [1.82, 2.24) is 14.1 Å². The summed E-state index contributed by atoms with van der Waals surface area (Å²) in [7, 11) is 0. The molecule has 164 valence electrons. The average Bonchev–Trinajstić information content (AvgIpc) is 2.97. The van der Waals surface area contributed by atoms with Crippen molar-refractivity contribution in [3.8, 4) is 28.4 Å². The maximum atomic E-state index is 13.1. The summed E-state index contributed by atoms with van der Waals surface area (Å²) in [6.07, 6.45) is -1.49. The molecule has 0 aliphatic rings. The molecule has 0 unspecified atom stereocenters. The van der Waals surface area contributed by atoms with Crippen molar-refractivity contribution in [3.05, 3.63) is 94.8 Å². The smallest absolute Gasteiger partial charge is 0.493 e. The Morgan fingerprint density at radius 3 is 2.38 bits per heavy atom. The van der Waals surface area contributed by atoms with Crippen LogP contribution in [0, 0.1) is 6.92 Å². The number of pyridine rings is 1. The Morgan fingerprint density at radius 2 is 1.72 bits per heavy atom. The molecule has 2 heterocycles. The summed E-state index contributed by atoms with van der Waals surface area (Å²) in [4.78, 5) is 17.3. The van der Waals surface area contributed by atoms with Crippen LogP contribution in [-0.4, -0.2) is 25.6 Å². The summed E-state index contributed by atoms with van der Waals surface area (Å²) < 4.78 is 43.5. The molecule has 32 heavy (non-hydrogen) atoms. The minimum atomic E-state index is -4.82. The van der Waals surface area contributed by atoms with Crippen molar-refractivity contribution >= 4 is 0 Å². The molecule has 9 heteroatoms. The van der Waals surface area contributed by atoms with Gasteiger partial charge in [0.1, 0.15) is 5.75 Å². The summed E-state index contributed by atoms with van der Waals surface area (Å²) in [5.41, 5.74) is 2.61. The Bertz CT molecular complexity index is 1290. The standard InChI is InChI=1S/C23H18F3N3O3/c1-15-21(30)29(18-7-9-19(10-8-18)32-23(24,25)26)22(31)28(15)14-17-11-12-27-13-20(17)16-5-3-2-4-6-16/h2-13,30H,14H2,1H3. The van der Waals surface area contributed by atoms with E-state index in [0.717, 1.165) is 33.4 Å². The molecule has 2 aromatic heterocycles. The molecule has 0 aliphatic heterocycles. The van der Waals surface area contributed by atoms with Crippen LogP contribution < -0.4 is 10.4 Å². The minimum absolute atomic E-state index is 0.174. The Labute approximate surface area is 180 Å². The lowest BCUT2D eigenvalue weighted by atomic mass is 10.0. The predicted molar refractivity (Wildman–Crippen MR) is 112 cm³/mol. The normalized spacial score (nSPS) is 11.5. The third-order valence-electron chi connectivity index (χ3n) is 5.02. The van der Waals surface area contributed by atoms with Gasteiger partial charge in [-0.1, -0.05) is 30.3 Å². The van der Waals surface area contributed by atoms with E-state index in [4.69, 9.17) is 0 Å². The predicted octanol–water partition coefficient (Wildman–Crippen LogP) is 4.66. The number of hydrogen-bond acceptors (Lipinski definition) is 4. The topological polar surface area (TPSA) is 69.3 Å². The van der Waals surface area contributed by atoms with Crippen LogP contribution in [0.3, 0.4) is 0 Å². The number of imidazole rings is 1. The van der Waals surface area contributed by atoms with E-state index in [9.17, 15) is 23.1 Å². The van der Waals surface area contributed by atoms with Gasteiger partial charge in [0.25, 0.3) is 0 Å². The molecule has 0 fully saturated rings. The van der Waals surface area contributed by atoms with Crippen LogP contribution in [-0.2, 0) is 6.54 Å². The second kappa shape index (κ2) is 8.26. The van der Waals surface area contributed by atoms with E-state index < -0.39 is 17.8 Å². The average molecular weight is 441 g/mol. The fourth-order valence-electron chi connectivity index (χ4n) is 3.46. The van der Waals surface area contributed by atoms with Crippen LogP contribution in [0.5, 0.6) is 11.6 Å². The number of nitrogens with zero attached hydrogens (tertiary/aromatic N) is 3. The van der Waals surface area contributed by atoms with Gasteiger partial charge in [-0.2, -0.15) is 0 Å². The SMILES string of the molecule is Cc1c(O)n(-c2ccc(OC(F)(F)F)cc2)c(=O)n1Cc1ccncc1-c1ccccc1. The number of aromatic nitrogens is 3. The van der Waals surface area contributed by atoms with Gasteiger partial charge in [-0.25, -0.2) is 9.36 Å². The second-order valence-corrected chi connectivity index (χ2v) is 7.05. The van der Waals surface area contributed by atoms with Gasteiger partial charge in [-0.15, -0.1) is 13.2 Å². The third kappa shape index (κ3) is 4.22. The molecular formula is C23H18F3N3O3. The summed E-state index contributed by atoms with van der Waals surface area (Å²) in [6.45, 7) is 1.77. The van der Waals surface area contributed by atoms with Crippen molar-refractivity contribution < 1.29 is 23.0 Å². The highest BCUT2D eigenvalue weighted by atomic mass is 19.4. The number of hydrogen-bond donors (Lipinski definition) is 1. The zero-order valence-corrected chi connectivity index (χ0v) is 16.9. The van der Waals surface area contributed by atoms with Gasteiger partial charge in [0.05, 0.1) is 17.9 Å². The lowest BCUT2D eigenvalue weighted by molar-refractivity contribution is -0.274. The van der Waals surface area contributed by atoms with Gasteiger partial charge in [-0.05, 0) is 48.4 Å². The van der Waals surface area contributed by atoms with Crippen LogP contribution in [0.15, 0.2) is 77.9 Å². The van der Waals surface area contributed by atoms with Crippen LogP contribution in [0.2, 0.25) is 0 Å². The van der Waals surface area contributed by atoms with Crippen molar-refractivity contribution in [2.75, 3.05) is 0 Å². The van der Waals surface area contributed by atoms with Crippen LogP contribution in [0.4, 0.5) is 13.2 Å². The highest BCUT2D eigenvalue weighted by Crippen LogP contribution is 2.27. The van der Waals surface area contributed by atoms with E-state index >= 15 is 0 Å². The Morgan fingerprint density at radius 1 is 1.03 bits per heavy atom. The number of alkyl halides is 3. The van der Waals surface area contributed by atoms with Gasteiger partial charge in [-0.3, -0.25) is 9.55 Å². The monoisotopic (exact) mass is 441 g/mol. The molecule has 0 amide bonds. The molecule has 0 atom stereocenters. The molecule has 0 bridgehead atoms. The molecule has 0 radical (unpaired) electrons. The first-order valence-corrected chi connectivity index (χ1v) is 9.60.